The van der Waals surface area contributed by atoms with Crippen LogP contribution in [0.3, 0.4) is 0 Å². The molecule has 0 fully saturated rings. The van der Waals surface area contributed by atoms with E-state index in [2.05, 4.69) is 138 Å². The van der Waals surface area contributed by atoms with Crippen LogP contribution in [0, 0.1) is 0 Å². The second-order valence-electron chi connectivity index (χ2n) is 14.7. The van der Waals surface area contributed by atoms with Gasteiger partial charge in [-0.25, -0.2) is 4.98 Å². The number of benzene rings is 9. The van der Waals surface area contributed by atoms with Gasteiger partial charge in [-0.1, -0.05) is 115 Å². The highest BCUT2D eigenvalue weighted by atomic mass is 16.4. The molecular weight excluding hydrogens is 713 g/mol. The third kappa shape index (κ3) is 5.14. The molecule has 0 aliphatic heterocycles. The van der Waals surface area contributed by atoms with Crippen LogP contribution in [0.2, 0.25) is 0 Å². The molecule has 0 saturated carbocycles. The first-order chi connectivity index (χ1) is 28.7. The lowest BCUT2D eigenvalue weighted by molar-refractivity contribution is 0.622. The fourth-order valence-electron chi connectivity index (χ4n) is 8.57. The third-order valence-corrected chi connectivity index (χ3v) is 11.3. The summed E-state index contributed by atoms with van der Waals surface area (Å²) in [5, 5.41) is 6.55. The van der Waals surface area contributed by atoms with Gasteiger partial charge < -0.3 is 18.2 Å². The molecule has 0 atom stereocenters. The van der Waals surface area contributed by atoms with Gasteiger partial charge >= 0.3 is 0 Å². The van der Waals surface area contributed by atoms with Gasteiger partial charge in [0.2, 0.25) is 5.89 Å². The van der Waals surface area contributed by atoms with Gasteiger partial charge in [0.05, 0.1) is 16.5 Å². The number of rotatable bonds is 6. The van der Waals surface area contributed by atoms with Crippen molar-refractivity contribution in [3.8, 4) is 33.7 Å². The number of fused-ring (bicyclic) bond motifs is 9. The highest BCUT2D eigenvalue weighted by molar-refractivity contribution is 6.17. The van der Waals surface area contributed by atoms with Crippen molar-refractivity contribution < 1.29 is 13.3 Å². The molecule has 3 heterocycles. The number of anilines is 3. The van der Waals surface area contributed by atoms with Crippen LogP contribution < -0.4 is 4.90 Å². The van der Waals surface area contributed by atoms with Crippen LogP contribution >= 0.6 is 0 Å². The smallest absolute Gasteiger partial charge is 0.227 e. The summed E-state index contributed by atoms with van der Waals surface area (Å²) >= 11 is 0. The molecule has 0 N–H and O–H groups in total. The summed E-state index contributed by atoms with van der Waals surface area (Å²) in [6.45, 7) is 0. The molecule has 58 heavy (non-hydrogen) atoms. The van der Waals surface area contributed by atoms with Crippen molar-refractivity contribution >= 4 is 82.8 Å². The Balaban J connectivity index is 0.976. The van der Waals surface area contributed by atoms with E-state index < -0.39 is 0 Å². The summed E-state index contributed by atoms with van der Waals surface area (Å²) < 4.78 is 19.1. The largest absolute Gasteiger partial charge is 0.456 e. The maximum absolute atomic E-state index is 6.42. The number of furan rings is 2. The molecule has 0 amide bonds. The Bertz CT molecular complexity index is 3500. The number of nitrogens with zero attached hydrogens (tertiary/aromatic N) is 2. The van der Waals surface area contributed by atoms with Crippen molar-refractivity contribution in [1.82, 2.24) is 4.98 Å². The van der Waals surface area contributed by atoms with Crippen molar-refractivity contribution in [2.75, 3.05) is 4.90 Å². The predicted molar refractivity (Wildman–Crippen MR) is 237 cm³/mol. The van der Waals surface area contributed by atoms with E-state index in [0.29, 0.717) is 5.89 Å². The van der Waals surface area contributed by atoms with Crippen LogP contribution in [0.5, 0.6) is 0 Å². The zero-order chi connectivity index (χ0) is 38.2. The number of oxazole rings is 1. The molecule has 0 aliphatic carbocycles. The van der Waals surface area contributed by atoms with Crippen LogP contribution in [0.15, 0.2) is 207 Å². The summed E-state index contributed by atoms with van der Waals surface area (Å²) in [5.74, 6) is 0.594. The molecule has 0 spiro atoms. The number of hydrogen-bond acceptors (Lipinski definition) is 5. The van der Waals surface area contributed by atoms with E-state index in [0.717, 1.165) is 88.7 Å². The average molecular weight is 745 g/mol. The van der Waals surface area contributed by atoms with Crippen LogP contribution in [0.25, 0.3) is 99.5 Å². The van der Waals surface area contributed by atoms with Crippen molar-refractivity contribution in [3.05, 3.63) is 194 Å². The first-order valence-electron chi connectivity index (χ1n) is 19.4. The van der Waals surface area contributed by atoms with Gasteiger partial charge in [0.15, 0.2) is 5.58 Å². The Labute approximate surface area is 332 Å². The van der Waals surface area contributed by atoms with Crippen LogP contribution in [0.1, 0.15) is 0 Å². The molecule has 0 saturated heterocycles. The molecule has 0 bridgehead atoms. The third-order valence-electron chi connectivity index (χ3n) is 11.3. The highest BCUT2D eigenvalue weighted by Gasteiger charge is 2.21. The normalized spacial score (nSPS) is 11.8. The van der Waals surface area contributed by atoms with E-state index >= 15 is 0 Å². The lowest BCUT2D eigenvalue weighted by atomic mass is 9.98. The highest BCUT2D eigenvalue weighted by Crippen LogP contribution is 2.44. The Morgan fingerprint density at radius 1 is 0.379 bits per heavy atom. The minimum atomic E-state index is 0.594. The van der Waals surface area contributed by atoms with Crippen molar-refractivity contribution in [2.24, 2.45) is 0 Å². The Kier molecular flexibility index (Phi) is 7.16. The molecule has 5 nitrogen and oxygen atoms in total. The molecule has 3 aromatic heterocycles. The van der Waals surface area contributed by atoms with E-state index in [4.69, 9.17) is 18.2 Å². The first-order valence-corrected chi connectivity index (χ1v) is 19.4. The van der Waals surface area contributed by atoms with Gasteiger partial charge in [-0.15, -0.1) is 0 Å². The van der Waals surface area contributed by atoms with Gasteiger partial charge in [0.1, 0.15) is 27.8 Å². The maximum Gasteiger partial charge on any atom is 0.227 e. The minimum Gasteiger partial charge on any atom is -0.456 e. The molecule has 272 valence electrons. The SMILES string of the molecule is c1ccc(-c2nc3ccc4oc5ccc(-c6ccc(N(c7ccc(-c8cccc9ccccc89)cc7)c7cccc8oc9ccccc9c78)cc6)cc5c4c3o2)cc1. The quantitative estimate of drug-likeness (QED) is 0.170. The van der Waals surface area contributed by atoms with E-state index in [9.17, 15) is 0 Å². The first kappa shape index (κ1) is 32.4. The molecule has 9 aromatic carbocycles. The topological polar surface area (TPSA) is 55.6 Å². The average Bonchev–Trinajstić information content (AvgIpc) is 4.01. The molecule has 12 rings (SSSR count). The lowest BCUT2D eigenvalue weighted by Gasteiger charge is -2.26. The second kappa shape index (κ2) is 12.8. The van der Waals surface area contributed by atoms with Crippen LogP contribution in [-0.4, -0.2) is 4.98 Å². The molecule has 5 heteroatoms. The van der Waals surface area contributed by atoms with Crippen LogP contribution in [0.4, 0.5) is 17.1 Å². The Hall–Kier alpha value is -7.89. The van der Waals surface area contributed by atoms with Crippen molar-refractivity contribution in [1.29, 1.82) is 0 Å². The van der Waals surface area contributed by atoms with Gasteiger partial charge in [0.25, 0.3) is 0 Å². The summed E-state index contributed by atoms with van der Waals surface area (Å²) in [5.41, 5.74) is 13.4. The fourth-order valence-corrected chi connectivity index (χ4v) is 8.57. The monoisotopic (exact) mass is 744 g/mol. The number of hydrogen-bond donors (Lipinski definition) is 0. The van der Waals surface area contributed by atoms with E-state index in [-0.39, 0.29) is 0 Å². The zero-order valence-corrected chi connectivity index (χ0v) is 31.1. The van der Waals surface area contributed by atoms with Crippen molar-refractivity contribution in [3.63, 3.8) is 0 Å². The zero-order valence-electron chi connectivity index (χ0n) is 31.1. The molecule has 0 radical (unpaired) electrons. The second-order valence-corrected chi connectivity index (χ2v) is 14.7. The van der Waals surface area contributed by atoms with Gasteiger partial charge in [-0.2, -0.15) is 0 Å². The van der Waals surface area contributed by atoms with Crippen molar-refractivity contribution in [2.45, 2.75) is 0 Å². The summed E-state index contributed by atoms with van der Waals surface area (Å²) in [6.07, 6.45) is 0. The number of aromatic nitrogens is 1. The predicted octanol–water partition coefficient (Wildman–Crippen LogP) is 15.3. The summed E-state index contributed by atoms with van der Waals surface area (Å²) in [4.78, 5) is 7.15. The molecule has 0 unspecified atom stereocenters. The van der Waals surface area contributed by atoms with Gasteiger partial charge in [-0.3, -0.25) is 0 Å². The molecule has 0 aliphatic rings. The summed E-state index contributed by atoms with van der Waals surface area (Å²) in [7, 11) is 0. The Morgan fingerprint density at radius 3 is 1.83 bits per heavy atom. The summed E-state index contributed by atoms with van der Waals surface area (Å²) in [6, 6.07) is 67.6. The molecular formula is C53H32N2O3. The standard InChI is InChI=1S/C53H32N2O3/c1-2-11-36(12-3-1)53-54-44-29-31-49-51(52(44)58-53)43-32-37(24-30-47(43)57-49)33-20-25-38(26-21-33)55(45-17-9-19-48-50(45)42-15-6-7-18-46(42)56-48)39-27-22-35(23-28-39)41-16-8-13-34-10-4-5-14-40(34)41/h1-32H. The van der Waals surface area contributed by atoms with Gasteiger partial charge in [0, 0.05) is 27.7 Å². The van der Waals surface area contributed by atoms with Gasteiger partial charge in [-0.05, 0) is 112 Å². The lowest BCUT2D eigenvalue weighted by Crippen LogP contribution is -2.10. The van der Waals surface area contributed by atoms with Crippen LogP contribution in [-0.2, 0) is 0 Å². The molecule has 12 aromatic rings. The van der Waals surface area contributed by atoms with E-state index in [1.165, 1.54) is 21.9 Å². The minimum absolute atomic E-state index is 0.594. The Morgan fingerprint density at radius 2 is 1.00 bits per heavy atom. The van der Waals surface area contributed by atoms with E-state index in [1.54, 1.807) is 0 Å². The number of para-hydroxylation sites is 1. The fraction of sp³-hybridized carbons (Fsp3) is 0. The maximum atomic E-state index is 6.42. The van der Waals surface area contributed by atoms with E-state index in [1.807, 2.05) is 60.7 Å².